The Morgan fingerprint density at radius 3 is 2.38 bits per heavy atom. The molecule has 2 rings (SSSR count). The van der Waals surface area contributed by atoms with E-state index in [0.29, 0.717) is 17.7 Å². The van der Waals surface area contributed by atoms with Crippen LogP contribution in [0.1, 0.15) is 21.5 Å². The summed E-state index contributed by atoms with van der Waals surface area (Å²) >= 11 is 0. The number of rotatable bonds is 5. The zero-order valence-electron chi connectivity index (χ0n) is 13.2. The lowest BCUT2D eigenvalue weighted by atomic mass is 10.1. The molecule has 2 aromatic rings. The number of methoxy groups -OCH3 is 1. The fourth-order valence-corrected chi connectivity index (χ4v) is 2.02. The standard InChI is InChI=1S/C19H16N2O3/c1-24-19(23)16-9-7-14(8-10-16)11-17(12-20)18(22)21-13-15-5-3-2-4-6-15/h2-11H,13H2,1H3,(H,21,22)/b17-11+. The van der Waals surface area contributed by atoms with E-state index < -0.39 is 11.9 Å². The minimum atomic E-state index is -0.446. The maximum atomic E-state index is 12.1. The van der Waals surface area contributed by atoms with Gasteiger partial charge in [-0.1, -0.05) is 42.5 Å². The molecule has 1 amide bonds. The lowest BCUT2D eigenvalue weighted by Crippen LogP contribution is -2.23. The van der Waals surface area contributed by atoms with E-state index >= 15 is 0 Å². The number of carbonyl (C=O) groups excluding carboxylic acids is 2. The van der Waals surface area contributed by atoms with Crippen LogP contribution in [-0.2, 0) is 16.1 Å². The number of ether oxygens (including phenoxy) is 1. The summed E-state index contributed by atoms with van der Waals surface area (Å²) < 4.78 is 4.62. The first-order chi connectivity index (χ1) is 11.6. The molecule has 0 heterocycles. The summed E-state index contributed by atoms with van der Waals surface area (Å²) in [7, 11) is 1.31. The van der Waals surface area contributed by atoms with Crippen molar-refractivity contribution in [2.75, 3.05) is 7.11 Å². The van der Waals surface area contributed by atoms with Crippen LogP contribution in [0.4, 0.5) is 0 Å². The highest BCUT2D eigenvalue weighted by Crippen LogP contribution is 2.10. The lowest BCUT2D eigenvalue weighted by Gasteiger charge is -2.04. The Hall–Kier alpha value is -3.39. The Bertz CT molecular complexity index is 788. The summed E-state index contributed by atoms with van der Waals surface area (Å²) in [5.41, 5.74) is 2.00. The average molecular weight is 320 g/mol. The zero-order chi connectivity index (χ0) is 17.4. The molecule has 0 atom stereocenters. The van der Waals surface area contributed by atoms with Gasteiger partial charge in [-0.05, 0) is 29.3 Å². The van der Waals surface area contributed by atoms with Crippen LogP contribution in [0.3, 0.4) is 0 Å². The van der Waals surface area contributed by atoms with Crippen molar-refractivity contribution in [3.05, 3.63) is 76.9 Å². The van der Waals surface area contributed by atoms with Crippen LogP contribution in [0.5, 0.6) is 0 Å². The van der Waals surface area contributed by atoms with Gasteiger partial charge in [0, 0.05) is 6.54 Å². The molecule has 0 radical (unpaired) electrons. The minimum absolute atomic E-state index is 0.00301. The van der Waals surface area contributed by atoms with Crippen LogP contribution < -0.4 is 5.32 Å². The highest BCUT2D eigenvalue weighted by Gasteiger charge is 2.09. The van der Waals surface area contributed by atoms with Gasteiger partial charge in [0.05, 0.1) is 12.7 Å². The molecule has 1 N–H and O–H groups in total. The maximum absolute atomic E-state index is 12.1. The second-order valence-corrected chi connectivity index (χ2v) is 4.95. The van der Waals surface area contributed by atoms with Gasteiger partial charge in [-0.25, -0.2) is 4.79 Å². The first-order valence-corrected chi connectivity index (χ1v) is 7.26. The number of hydrogen-bond donors (Lipinski definition) is 1. The Balaban J connectivity index is 2.06. The second kappa shape index (κ2) is 8.30. The molecule has 120 valence electrons. The number of benzene rings is 2. The number of hydrogen-bond acceptors (Lipinski definition) is 4. The van der Waals surface area contributed by atoms with Crippen molar-refractivity contribution in [1.82, 2.24) is 5.32 Å². The van der Waals surface area contributed by atoms with Crippen molar-refractivity contribution in [3.63, 3.8) is 0 Å². The third kappa shape index (κ3) is 4.55. The van der Waals surface area contributed by atoms with Crippen molar-refractivity contribution in [2.24, 2.45) is 0 Å². The molecular weight excluding hydrogens is 304 g/mol. The largest absolute Gasteiger partial charge is 0.465 e. The summed E-state index contributed by atoms with van der Waals surface area (Å²) in [5.74, 6) is -0.884. The molecule has 0 spiro atoms. The van der Waals surface area contributed by atoms with Gasteiger partial charge in [0.25, 0.3) is 5.91 Å². The molecular formula is C19H16N2O3. The summed E-state index contributed by atoms with van der Waals surface area (Å²) in [5, 5.41) is 11.9. The van der Waals surface area contributed by atoms with Crippen LogP contribution in [0.15, 0.2) is 60.2 Å². The van der Waals surface area contributed by atoms with Gasteiger partial charge in [0.1, 0.15) is 11.6 Å². The molecule has 0 unspecified atom stereocenters. The van der Waals surface area contributed by atoms with Gasteiger partial charge in [-0.3, -0.25) is 4.79 Å². The van der Waals surface area contributed by atoms with E-state index in [2.05, 4.69) is 10.1 Å². The molecule has 0 aliphatic heterocycles. The number of nitrogens with one attached hydrogen (secondary N) is 1. The third-order valence-corrected chi connectivity index (χ3v) is 3.30. The van der Waals surface area contributed by atoms with Crippen LogP contribution in [-0.4, -0.2) is 19.0 Å². The molecule has 24 heavy (non-hydrogen) atoms. The van der Waals surface area contributed by atoms with Crippen molar-refractivity contribution in [3.8, 4) is 6.07 Å². The maximum Gasteiger partial charge on any atom is 0.337 e. The van der Waals surface area contributed by atoms with Crippen LogP contribution in [0, 0.1) is 11.3 Å². The molecule has 0 aromatic heterocycles. The summed E-state index contributed by atoms with van der Waals surface area (Å²) in [6.45, 7) is 0.347. The number of nitriles is 1. The predicted octanol–water partition coefficient (Wildman–Crippen LogP) is 2.70. The van der Waals surface area contributed by atoms with E-state index in [4.69, 9.17) is 0 Å². The van der Waals surface area contributed by atoms with Gasteiger partial charge in [-0.15, -0.1) is 0 Å². The first-order valence-electron chi connectivity index (χ1n) is 7.26. The van der Waals surface area contributed by atoms with E-state index in [-0.39, 0.29) is 5.57 Å². The van der Waals surface area contributed by atoms with E-state index in [9.17, 15) is 14.9 Å². The molecule has 2 aromatic carbocycles. The van der Waals surface area contributed by atoms with Gasteiger partial charge in [-0.2, -0.15) is 5.26 Å². The van der Waals surface area contributed by atoms with Gasteiger partial charge >= 0.3 is 5.97 Å². The summed E-state index contributed by atoms with van der Waals surface area (Å²) in [6, 6.07) is 17.8. The molecule has 0 aliphatic rings. The van der Waals surface area contributed by atoms with Crippen molar-refractivity contribution >= 4 is 18.0 Å². The van der Waals surface area contributed by atoms with Gasteiger partial charge < -0.3 is 10.1 Å². The highest BCUT2D eigenvalue weighted by molar-refractivity contribution is 6.01. The topological polar surface area (TPSA) is 79.2 Å². The SMILES string of the molecule is COC(=O)c1ccc(/C=C(\C#N)C(=O)NCc2ccccc2)cc1. The third-order valence-electron chi connectivity index (χ3n) is 3.30. The molecule has 0 saturated carbocycles. The normalized spacial score (nSPS) is 10.6. The molecule has 5 nitrogen and oxygen atoms in total. The fourth-order valence-electron chi connectivity index (χ4n) is 2.02. The van der Waals surface area contributed by atoms with Gasteiger partial charge in [0.2, 0.25) is 0 Å². The molecule has 0 fully saturated rings. The zero-order valence-corrected chi connectivity index (χ0v) is 13.2. The smallest absolute Gasteiger partial charge is 0.337 e. The van der Waals surface area contributed by atoms with Crippen LogP contribution in [0.2, 0.25) is 0 Å². The van der Waals surface area contributed by atoms with E-state index in [1.165, 1.54) is 13.2 Å². The molecule has 5 heteroatoms. The van der Waals surface area contributed by atoms with Crippen molar-refractivity contribution in [1.29, 1.82) is 5.26 Å². The monoisotopic (exact) mass is 320 g/mol. The quantitative estimate of drug-likeness (QED) is 0.522. The lowest BCUT2D eigenvalue weighted by molar-refractivity contribution is -0.117. The molecule has 0 aliphatic carbocycles. The Morgan fingerprint density at radius 2 is 1.79 bits per heavy atom. The van der Waals surface area contributed by atoms with Crippen LogP contribution in [0.25, 0.3) is 6.08 Å². The van der Waals surface area contributed by atoms with E-state index in [1.807, 2.05) is 36.4 Å². The van der Waals surface area contributed by atoms with Crippen molar-refractivity contribution in [2.45, 2.75) is 6.54 Å². The number of carbonyl (C=O) groups is 2. The second-order valence-electron chi connectivity index (χ2n) is 4.95. The van der Waals surface area contributed by atoms with Gasteiger partial charge in [0.15, 0.2) is 0 Å². The Labute approximate surface area is 140 Å². The molecule has 0 saturated heterocycles. The summed E-state index contributed by atoms with van der Waals surface area (Å²) in [6.07, 6.45) is 1.47. The average Bonchev–Trinajstić information content (AvgIpc) is 2.64. The first kappa shape index (κ1) is 17.0. The molecule has 0 bridgehead atoms. The predicted molar refractivity (Wildman–Crippen MR) is 89.7 cm³/mol. The van der Waals surface area contributed by atoms with Crippen molar-refractivity contribution < 1.29 is 14.3 Å². The van der Waals surface area contributed by atoms with E-state index in [1.54, 1.807) is 24.3 Å². The highest BCUT2D eigenvalue weighted by atomic mass is 16.5. The van der Waals surface area contributed by atoms with E-state index in [0.717, 1.165) is 5.56 Å². The number of amides is 1. The Morgan fingerprint density at radius 1 is 1.12 bits per heavy atom. The number of nitrogens with zero attached hydrogens (tertiary/aromatic N) is 1. The minimum Gasteiger partial charge on any atom is -0.465 e. The fraction of sp³-hybridized carbons (Fsp3) is 0.105. The number of esters is 1. The Kier molecular flexibility index (Phi) is 5.87. The summed E-state index contributed by atoms with van der Waals surface area (Å²) in [4.78, 5) is 23.5. The van der Waals surface area contributed by atoms with Crippen LogP contribution >= 0.6 is 0 Å².